The van der Waals surface area contributed by atoms with Crippen LogP contribution in [-0.4, -0.2) is 36.5 Å². The van der Waals surface area contributed by atoms with Gasteiger partial charge >= 0.3 is 0 Å². The van der Waals surface area contributed by atoms with Gasteiger partial charge in [0.25, 0.3) is 0 Å². The van der Waals surface area contributed by atoms with Gasteiger partial charge in [0, 0.05) is 23.5 Å². The molecular formula is C17H24BrClN2O2. The van der Waals surface area contributed by atoms with Gasteiger partial charge in [0.1, 0.15) is 6.10 Å². The van der Waals surface area contributed by atoms with Crippen LogP contribution in [0.2, 0.25) is 0 Å². The highest BCUT2D eigenvalue weighted by atomic mass is 79.9. The number of rotatable bonds is 3. The third kappa shape index (κ3) is 4.69. The fourth-order valence-electron chi connectivity index (χ4n) is 3.43. The van der Waals surface area contributed by atoms with Crippen molar-refractivity contribution in [2.75, 3.05) is 19.7 Å². The Morgan fingerprint density at radius 2 is 2.04 bits per heavy atom. The quantitative estimate of drug-likeness (QED) is 0.842. The summed E-state index contributed by atoms with van der Waals surface area (Å²) < 4.78 is 6.89. The van der Waals surface area contributed by atoms with Crippen molar-refractivity contribution in [3.8, 4) is 0 Å². The Labute approximate surface area is 152 Å². The number of amides is 1. The smallest absolute Gasteiger partial charge is 0.223 e. The van der Waals surface area contributed by atoms with Gasteiger partial charge in [-0.05, 0) is 36.5 Å². The van der Waals surface area contributed by atoms with Crippen LogP contribution in [0.4, 0.5) is 0 Å². The number of morpholine rings is 1. The number of nitrogens with two attached hydrogens (primary N) is 1. The van der Waals surface area contributed by atoms with Gasteiger partial charge in [-0.2, -0.15) is 0 Å². The molecule has 1 aliphatic carbocycles. The number of halogens is 2. The molecule has 1 aromatic carbocycles. The fraction of sp³-hybridized carbons (Fsp3) is 0.588. The van der Waals surface area contributed by atoms with Crippen LogP contribution < -0.4 is 5.73 Å². The van der Waals surface area contributed by atoms with Gasteiger partial charge in [0.2, 0.25) is 5.91 Å². The van der Waals surface area contributed by atoms with Gasteiger partial charge in [0.15, 0.2) is 0 Å². The molecule has 1 aliphatic heterocycles. The molecule has 3 atom stereocenters. The molecule has 23 heavy (non-hydrogen) atoms. The predicted octanol–water partition coefficient (Wildman–Crippen LogP) is 3.29. The van der Waals surface area contributed by atoms with E-state index in [4.69, 9.17) is 10.5 Å². The standard InChI is InChI=1S/C17H23BrN2O2.ClH/c18-14-6-4-12(5-7-14)16-11-20(8-9-22-16)17(21)10-13-2-1-3-15(13)19;/h4-7,13,15-16H,1-3,8-11,19H2;1H/t13-,15+,16?;/m0./s1. The molecule has 6 heteroatoms. The lowest BCUT2D eigenvalue weighted by molar-refractivity contribution is -0.140. The molecule has 2 aliphatic rings. The number of hydrogen-bond acceptors (Lipinski definition) is 3. The Morgan fingerprint density at radius 3 is 2.70 bits per heavy atom. The van der Waals surface area contributed by atoms with E-state index in [0.29, 0.717) is 32.0 Å². The molecule has 1 saturated heterocycles. The average Bonchev–Trinajstić information content (AvgIpc) is 2.93. The fourth-order valence-corrected chi connectivity index (χ4v) is 3.69. The third-order valence-corrected chi connectivity index (χ3v) is 5.34. The van der Waals surface area contributed by atoms with E-state index < -0.39 is 0 Å². The van der Waals surface area contributed by atoms with E-state index in [2.05, 4.69) is 28.1 Å². The first-order chi connectivity index (χ1) is 10.6. The van der Waals surface area contributed by atoms with E-state index in [-0.39, 0.29) is 30.5 Å². The first-order valence-electron chi connectivity index (χ1n) is 8.04. The van der Waals surface area contributed by atoms with Crippen molar-refractivity contribution >= 4 is 34.2 Å². The average molecular weight is 404 g/mol. The van der Waals surface area contributed by atoms with Crippen molar-refractivity contribution in [2.24, 2.45) is 11.7 Å². The first-order valence-corrected chi connectivity index (χ1v) is 8.83. The van der Waals surface area contributed by atoms with Crippen LogP contribution in [-0.2, 0) is 9.53 Å². The van der Waals surface area contributed by atoms with Gasteiger partial charge < -0.3 is 15.4 Å². The van der Waals surface area contributed by atoms with Crippen LogP contribution in [0.25, 0.3) is 0 Å². The molecule has 128 valence electrons. The van der Waals surface area contributed by atoms with Crippen LogP contribution in [0.1, 0.15) is 37.4 Å². The van der Waals surface area contributed by atoms with E-state index in [0.717, 1.165) is 29.3 Å². The lowest BCUT2D eigenvalue weighted by Gasteiger charge is -2.34. The lowest BCUT2D eigenvalue weighted by Crippen LogP contribution is -2.43. The van der Waals surface area contributed by atoms with Crippen LogP contribution in [0.3, 0.4) is 0 Å². The molecule has 4 nitrogen and oxygen atoms in total. The minimum Gasteiger partial charge on any atom is -0.370 e. The van der Waals surface area contributed by atoms with E-state index in [1.807, 2.05) is 17.0 Å². The van der Waals surface area contributed by atoms with Crippen molar-refractivity contribution in [2.45, 2.75) is 37.8 Å². The largest absolute Gasteiger partial charge is 0.370 e. The van der Waals surface area contributed by atoms with Crippen molar-refractivity contribution in [3.63, 3.8) is 0 Å². The van der Waals surface area contributed by atoms with E-state index in [1.165, 1.54) is 0 Å². The van der Waals surface area contributed by atoms with Gasteiger partial charge in [-0.15, -0.1) is 12.4 Å². The normalized spacial score (nSPS) is 27.6. The van der Waals surface area contributed by atoms with Gasteiger partial charge in [-0.25, -0.2) is 0 Å². The summed E-state index contributed by atoms with van der Waals surface area (Å²) in [5.74, 6) is 0.592. The van der Waals surface area contributed by atoms with Crippen LogP contribution in [0, 0.1) is 5.92 Å². The Morgan fingerprint density at radius 1 is 1.30 bits per heavy atom. The van der Waals surface area contributed by atoms with Crippen LogP contribution in [0.5, 0.6) is 0 Å². The maximum Gasteiger partial charge on any atom is 0.223 e. The maximum absolute atomic E-state index is 12.5. The van der Waals surface area contributed by atoms with E-state index in [9.17, 15) is 4.79 Å². The highest BCUT2D eigenvalue weighted by Crippen LogP contribution is 2.29. The van der Waals surface area contributed by atoms with Crippen LogP contribution in [0.15, 0.2) is 28.7 Å². The second-order valence-electron chi connectivity index (χ2n) is 6.31. The molecule has 0 bridgehead atoms. The Hall–Kier alpha value is -0.620. The second kappa shape index (κ2) is 8.47. The van der Waals surface area contributed by atoms with Gasteiger partial charge in [0.05, 0.1) is 13.2 Å². The van der Waals surface area contributed by atoms with E-state index >= 15 is 0 Å². The number of ether oxygens (including phenoxy) is 1. The molecule has 1 aromatic rings. The molecule has 3 rings (SSSR count). The molecule has 1 heterocycles. The van der Waals surface area contributed by atoms with Gasteiger partial charge in [-0.3, -0.25) is 4.79 Å². The third-order valence-electron chi connectivity index (χ3n) is 4.82. The summed E-state index contributed by atoms with van der Waals surface area (Å²) >= 11 is 3.44. The number of nitrogens with zero attached hydrogens (tertiary/aromatic N) is 1. The summed E-state index contributed by atoms with van der Waals surface area (Å²) in [5, 5.41) is 0. The van der Waals surface area contributed by atoms with Gasteiger partial charge in [-0.1, -0.05) is 34.5 Å². The number of benzene rings is 1. The number of hydrogen-bond donors (Lipinski definition) is 1. The molecule has 1 unspecified atom stereocenters. The topological polar surface area (TPSA) is 55.6 Å². The summed E-state index contributed by atoms with van der Waals surface area (Å²) in [4.78, 5) is 14.5. The van der Waals surface area contributed by atoms with Crippen LogP contribution >= 0.6 is 28.3 Å². The SMILES string of the molecule is Cl.N[C@@H]1CCC[C@H]1CC(=O)N1CCOC(c2ccc(Br)cc2)C1. The molecule has 0 aromatic heterocycles. The number of carbonyl (C=O) groups excluding carboxylic acids is 1. The summed E-state index contributed by atoms with van der Waals surface area (Å²) in [5.41, 5.74) is 7.21. The summed E-state index contributed by atoms with van der Waals surface area (Å²) in [6.07, 6.45) is 3.87. The van der Waals surface area contributed by atoms with Crippen molar-refractivity contribution in [3.05, 3.63) is 34.3 Å². The minimum atomic E-state index is -0.0250. The Balaban J connectivity index is 0.00000192. The van der Waals surface area contributed by atoms with E-state index in [1.54, 1.807) is 0 Å². The summed E-state index contributed by atoms with van der Waals surface area (Å²) in [7, 11) is 0. The monoisotopic (exact) mass is 402 g/mol. The minimum absolute atomic E-state index is 0. The maximum atomic E-state index is 12.5. The lowest BCUT2D eigenvalue weighted by atomic mass is 9.99. The Bertz CT molecular complexity index is 526. The van der Waals surface area contributed by atoms with Crippen molar-refractivity contribution in [1.82, 2.24) is 4.90 Å². The van der Waals surface area contributed by atoms with Crippen molar-refractivity contribution in [1.29, 1.82) is 0 Å². The van der Waals surface area contributed by atoms with Crippen molar-refractivity contribution < 1.29 is 9.53 Å². The summed E-state index contributed by atoms with van der Waals surface area (Å²) in [6, 6.07) is 8.33. The predicted molar refractivity (Wildman–Crippen MR) is 96.6 cm³/mol. The highest BCUT2D eigenvalue weighted by Gasteiger charge is 2.30. The summed E-state index contributed by atoms with van der Waals surface area (Å²) in [6.45, 7) is 1.93. The zero-order valence-corrected chi connectivity index (χ0v) is 15.5. The molecule has 0 radical (unpaired) electrons. The molecule has 2 N–H and O–H groups in total. The Kier molecular flexibility index (Phi) is 6.89. The second-order valence-corrected chi connectivity index (χ2v) is 7.23. The molecule has 0 spiro atoms. The molecule has 1 saturated carbocycles. The zero-order valence-electron chi connectivity index (χ0n) is 13.1. The number of carbonyl (C=O) groups is 1. The highest BCUT2D eigenvalue weighted by molar-refractivity contribution is 9.10. The molecule has 1 amide bonds. The molecule has 2 fully saturated rings. The first kappa shape index (κ1) is 18.7. The molecular weight excluding hydrogens is 380 g/mol. The zero-order chi connectivity index (χ0) is 15.5.